The number of hydrogen-bond donors (Lipinski definition) is 3. The maximum atomic E-state index is 5.43. The van der Waals surface area contributed by atoms with Crippen molar-refractivity contribution in [3.8, 4) is 0 Å². The third kappa shape index (κ3) is 8.12. The van der Waals surface area contributed by atoms with E-state index in [0.29, 0.717) is 6.54 Å². The average Bonchev–Trinajstić information content (AvgIpc) is 2.46. The molecular formula is C10H30N4O3Si2. The van der Waals surface area contributed by atoms with Gasteiger partial charge < -0.3 is 24.3 Å². The third-order valence-corrected chi connectivity index (χ3v) is 6.50. The molecule has 0 amide bonds. The van der Waals surface area contributed by atoms with Crippen molar-refractivity contribution in [3.05, 3.63) is 0 Å². The van der Waals surface area contributed by atoms with E-state index in [0.717, 1.165) is 49.0 Å². The lowest BCUT2D eigenvalue weighted by atomic mass is 10.4. The van der Waals surface area contributed by atoms with E-state index in [1.807, 2.05) is 0 Å². The fraction of sp³-hybridized carbons (Fsp3) is 1.00. The fourth-order valence-corrected chi connectivity index (χ4v) is 3.97. The van der Waals surface area contributed by atoms with Gasteiger partial charge in [-0.05, 0) is 6.42 Å². The molecule has 19 heavy (non-hydrogen) atoms. The number of nitrogens with one attached hydrogen (secondary N) is 2. The van der Waals surface area contributed by atoms with Crippen LogP contribution in [0, 0.1) is 0 Å². The van der Waals surface area contributed by atoms with Crippen LogP contribution in [-0.4, -0.2) is 78.3 Å². The number of nitrogens with two attached hydrogens (primary N) is 1. The summed E-state index contributed by atoms with van der Waals surface area (Å²) in [6.45, 7) is 4.40. The molecule has 0 aromatic rings. The second-order valence-electron chi connectivity index (χ2n) is 4.15. The highest BCUT2D eigenvalue weighted by atomic mass is 28.4. The molecule has 0 rings (SSSR count). The van der Waals surface area contributed by atoms with Crippen molar-refractivity contribution in [2.24, 2.45) is 5.73 Å². The molecular weight excluding hydrogens is 280 g/mol. The van der Waals surface area contributed by atoms with Crippen molar-refractivity contribution >= 4 is 19.2 Å². The molecule has 0 fully saturated rings. The van der Waals surface area contributed by atoms with Crippen LogP contribution >= 0.6 is 0 Å². The Hall–Kier alpha value is 0.154. The molecule has 0 spiro atoms. The molecule has 0 saturated carbocycles. The minimum atomic E-state index is -2.42. The zero-order valence-corrected chi connectivity index (χ0v) is 15.7. The molecule has 0 aliphatic rings. The van der Waals surface area contributed by atoms with Crippen molar-refractivity contribution in [2.45, 2.75) is 12.5 Å². The zero-order chi connectivity index (χ0) is 14.6. The summed E-state index contributed by atoms with van der Waals surface area (Å²) < 4.78 is 16.2. The largest absolute Gasteiger partial charge is 0.500 e. The average molecular weight is 311 g/mol. The minimum absolute atomic E-state index is 0.679. The lowest BCUT2D eigenvalue weighted by molar-refractivity contribution is 0.120. The van der Waals surface area contributed by atoms with E-state index in [1.54, 1.807) is 21.3 Å². The Morgan fingerprint density at radius 2 is 1.74 bits per heavy atom. The van der Waals surface area contributed by atoms with Crippen LogP contribution in [0.5, 0.6) is 0 Å². The molecule has 0 saturated heterocycles. The van der Waals surface area contributed by atoms with Gasteiger partial charge >= 0.3 is 8.80 Å². The van der Waals surface area contributed by atoms with E-state index in [2.05, 4.69) is 15.4 Å². The van der Waals surface area contributed by atoms with Crippen LogP contribution in [0.15, 0.2) is 0 Å². The summed E-state index contributed by atoms with van der Waals surface area (Å²) in [7, 11) is 3.48. The summed E-state index contributed by atoms with van der Waals surface area (Å²) >= 11 is 0. The number of hydrazine groups is 1. The van der Waals surface area contributed by atoms with Gasteiger partial charge in [0.2, 0.25) is 0 Å². The molecule has 0 aliphatic heterocycles. The van der Waals surface area contributed by atoms with Gasteiger partial charge in [0.1, 0.15) is 0 Å². The quantitative estimate of drug-likeness (QED) is 0.204. The molecule has 116 valence electrons. The van der Waals surface area contributed by atoms with E-state index in [1.165, 1.54) is 0 Å². The maximum absolute atomic E-state index is 5.43. The van der Waals surface area contributed by atoms with Crippen LogP contribution in [0.1, 0.15) is 6.42 Å². The molecule has 0 aromatic heterocycles. The van der Waals surface area contributed by atoms with Crippen LogP contribution < -0.4 is 16.1 Å². The highest BCUT2D eigenvalue weighted by Crippen LogP contribution is 2.14. The normalized spacial score (nSPS) is 12.5. The lowest BCUT2D eigenvalue weighted by Crippen LogP contribution is -2.45. The van der Waals surface area contributed by atoms with Crippen molar-refractivity contribution in [3.63, 3.8) is 0 Å². The smallest absolute Gasteiger partial charge is 0.377 e. The molecule has 0 aromatic carbocycles. The number of hydrogen-bond acceptors (Lipinski definition) is 7. The Labute approximate surface area is 121 Å². The SMILES string of the molecule is CO[Si](CCCN(CCNCCN)N[SiH3])(OC)OC. The van der Waals surface area contributed by atoms with Crippen LogP contribution in [0.2, 0.25) is 6.04 Å². The van der Waals surface area contributed by atoms with E-state index >= 15 is 0 Å². The minimum Gasteiger partial charge on any atom is -0.377 e. The molecule has 0 bridgehead atoms. The Bertz CT molecular complexity index is 203. The highest BCUT2D eigenvalue weighted by Gasteiger charge is 2.36. The van der Waals surface area contributed by atoms with Gasteiger partial charge in [0.25, 0.3) is 0 Å². The molecule has 0 radical (unpaired) electrons. The molecule has 9 heteroatoms. The molecule has 4 N–H and O–H groups in total. The summed E-state index contributed by atoms with van der Waals surface area (Å²) in [5.41, 5.74) is 5.43. The first-order chi connectivity index (χ1) is 9.17. The van der Waals surface area contributed by atoms with Crippen LogP contribution in [0.4, 0.5) is 0 Å². The van der Waals surface area contributed by atoms with Crippen LogP contribution in [0.25, 0.3) is 0 Å². The Morgan fingerprint density at radius 1 is 1.11 bits per heavy atom. The summed E-state index contributed by atoms with van der Waals surface area (Å²) in [6.07, 6.45) is 0.980. The van der Waals surface area contributed by atoms with E-state index in [4.69, 9.17) is 19.0 Å². The molecule has 0 atom stereocenters. The standard InChI is InChI=1S/C10H30N4O3Si2/c1-15-19(16-2,17-3)10-4-8-14(13-18)9-7-12-6-5-11/h12-13H,4-11H2,1-3,18H3. The van der Waals surface area contributed by atoms with Gasteiger partial charge in [0.15, 0.2) is 0 Å². The Morgan fingerprint density at radius 3 is 2.21 bits per heavy atom. The second kappa shape index (κ2) is 11.9. The predicted molar refractivity (Wildman–Crippen MR) is 82.8 cm³/mol. The van der Waals surface area contributed by atoms with E-state index in [9.17, 15) is 0 Å². The van der Waals surface area contributed by atoms with Crippen LogP contribution in [0.3, 0.4) is 0 Å². The fourth-order valence-electron chi connectivity index (χ4n) is 1.82. The molecule has 0 unspecified atom stereocenters. The number of rotatable bonds is 13. The highest BCUT2D eigenvalue weighted by molar-refractivity contribution is 6.60. The Kier molecular flexibility index (Phi) is 12.0. The van der Waals surface area contributed by atoms with Crippen molar-refractivity contribution in [1.82, 2.24) is 15.4 Å². The summed E-state index contributed by atoms with van der Waals surface area (Å²) in [5, 5.41) is 8.81. The topological polar surface area (TPSA) is 81.0 Å². The second-order valence-corrected chi connectivity index (χ2v) is 7.69. The van der Waals surface area contributed by atoms with Gasteiger partial charge in [0, 0.05) is 60.1 Å². The first-order valence-corrected chi connectivity index (χ1v) is 9.59. The Balaban J connectivity index is 3.87. The predicted octanol–water partition coefficient (Wildman–Crippen LogP) is -2.11. The van der Waals surface area contributed by atoms with Gasteiger partial charge in [-0.2, -0.15) is 0 Å². The maximum Gasteiger partial charge on any atom is 0.500 e. The van der Waals surface area contributed by atoms with Crippen molar-refractivity contribution < 1.29 is 13.3 Å². The van der Waals surface area contributed by atoms with Crippen molar-refractivity contribution in [1.29, 1.82) is 0 Å². The zero-order valence-electron chi connectivity index (χ0n) is 12.7. The summed E-state index contributed by atoms with van der Waals surface area (Å²) in [4.78, 5) is 0. The summed E-state index contributed by atoms with van der Waals surface area (Å²) in [6, 6.07) is 0.826. The van der Waals surface area contributed by atoms with Gasteiger partial charge in [-0.1, -0.05) is 0 Å². The van der Waals surface area contributed by atoms with Crippen molar-refractivity contribution in [2.75, 3.05) is 54.1 Å². The van der Waals surface area contributed by atoms with Gasteiger partial charge in [-0.25, -0.2) is 0 Å². The lowest BCUT2D eigenvalue weighted by Gasteiger charge is -2.26. The first-order valence-electron chi connectivity index (χ1n) is 6.66. The van der Waals surface area contributed by atoms with Gasteiger partial charge in [-0.15, -0.1) is 0 Å². The third-order valence-electron chi connectivity index (χ3n) is 3.04. The van der Waals surface area contributed by atoms with Gasteiger partial charge in [0.05, 0.1) is 10.4 Å². The molecule has 0 heterocycles. The molecule has 0 aliphatic carbocycles. The number of nitrogens with zero attached hydrogens (tertiary/aromatic N) is 1. The van der Waals surface area contributed by atoms with Crippen LogP contribution in [-0.2, 0) is 13.3 Å². The van der Waals surface area contributed by atoms with E-state index < -0.39 is 8.80 Å². The monoisotopic (exact) mass is 310 g/mol. The van der Waals surface area contributed by atoms with E-state index in [-0.39, 0.29) is 0 Å². The summed E-state index contributed by atoms with van der Waals surface area (Å²) in [5.74, 6) is 0. The van der Waals surface area contributed by atoms with Gasteiger partial charge in [-0.3, -0.25) is 10.1 Å². The molecule has 7 nitrogen and oxygen atoms in total. The first kappa shape index (κ1) is 19.2.